The summed E-state index contributed by atoms with van der Waals surface area (Å²) in [4.78, 5) is 23.4. The molecule has 0 spiro atoms. The average Bonchev–Trinajstić information content (AvgIpc) is 1.99. The van der Waals surface area contributed by atoms with Gasteiger partial charge >= 0.3 is 12.0 Å². The number of likely N-dealkylation sites (tertiary alicyclic amines) is 1. The lowest BCUT2D eigenvalue weighted by Crippen LogP contribution is -2.56. The van der Waals surface area contributed by atoms with Crippen LogP contribution in [0.2, 0.25) is 0 Å². The second kappa shape index (κ2) is 4.82. The molecule has 5 heteroatoms. The summed E-state index contributed by atoms with van der Waals surface area (Å²) in [7, 11) is 0. The van der Waals surface area contributed by atoms with E-state index < -0.39 is 5.97 Å². The highest BCUT2D eigenvalue weighted by atomic mass is 16.4. The van der Waals surface area contributed by atoms with Gasteiger partial charge in [-0.25, -0.2) is 4.79 Å². The fourth-order valence-electron chi connectivity index (χ4n) is 1.25. The molecule has 84 valence electrons. The molecular formula is C10H16N2O3. The van der Waals surface area contributed by atoms with E-state index in [2.05, 4.69) is 5.32 Å². The van der Waals surface area contributed by atoms with E-state index >= 15 is 0 Å². The standard InChI is InChI=1S/C10H16N2O3/c1-7(2)3-4-11-10(15)12-5-8(6-12)9(13)14/h3,8H,4-6H2,1-2H3,(H,11,15)(H,13,14). The molecule has 1 rings (SSSR count). The normalized spacial score (nSPS) is 15.5. The Morgan fingerprint density at radius 2 is 2.07 bits per heavy atom. The van der Waals surface area contributed by atoms with Gasteiger partial charge in [0.2, 0.25) is 0 Å². The van der Waals surface area contributed by atoms with Gasteiger partial charge in [-0.1, -0.05) is 11.6 Å². The van der Waals surface area contributed by atoms with Crippen LogP contribution in [-0.4, -0.2) is 41.6 Å². The number of amides is 2. The number of hydrogen-bond donors (Lipinski definition) is 2. The van der Waals surface area contributed by atoms with Crippen LogP contribution in [0.3, 0.4) is 0 Å². The van der Waals surface area contributed by atoms with Crippen molar-refractivity contribution in [1.29, 1.82) is 0 Å². The zero-order valence-corrected chi connectivity index (χ0v) is 8.99. The fourth-order valence-corrected chi connectivity index (χ4v) is 1.25. The van der Waals surface area contributed by atoms with Crippen molar-refractivity contribution in [1.82, 2.24) is 10.2 Å². The molecule has 15 heavy (non-hydrogen) atoms. The summed E-state index contributed by atoms with van der Waals surface area (Å²) < 4.78 is 0. The quantitative estimate of drug-likeness (QED) is 0.676. The van der Waals surface area contributed by atoms with Crippen LogP contribution in [0.15, 0.2) is 11.6 Å². The van der Waals surface area contributed by atoms with Crippen LogP contribution in [0.4, 0.5) is 4.79 Å². The first-order valence-electron chi connectivity index (χ1n) is 4.89. The second-order valence-electron chi connectivity index (χ2n) is 3.91. The molecule has 1 aliphatic rings. The highest BCUT2D eigenvalue weighted by Crippen LogP contribution is 2.14. The van der Waals surface area contributed by atoms with E-state index in [1.54, 1.807) is 0 Å². The van der Waals surface area contributed by atoms with E-state index in [9.17, 15) is 9.59 Å². The molecule has 1 aliphatic heterocycles. The van der Waals surface area contributed by atoms with E-state index in [4.69, 9.17) is 5.11 Å². The zero-order chi connectivity index (χ0) is 11.4. The summed E-state index contributed by atoms with van der Waals surface area (Å²) >= 11 is 0. The van der Waals surface area contributed by atoms with Crippen LogP contribution < -0.4 is 5.32 Å². The summed E-state index contributed by atoms with van der Waals surface area (Å²) in [6, 6.07) is -0.190. The van der Waals surface area contributed by atoms with Crippen LogP contribution in [0.1, 0.15) is 13.8 Å². The molecule has 5 nitrogen and oxygen atoms in total. The monoisotopic (exact) mass is 212 g/mol. The molecule has 0 radical (unpaired) electrons. The predicted octanol–water partition coefficient (Wildman–Crippen LogP) is 0.679. The summed E-state index contributed by atoms with van der Waals surface area (Å²) in [5.74, 6) is -1.22. The Morgan fingerprint density at radius 3 is 2.53 bits per heavy atom. The minimum atomic E-state index is -0.830. The Morgan fingerprint density at radius 1 is 1.47 bits per heavy atom. The maximum Gasteiger partial charge on any atom is 0.317 e. The van der Waals surface area contributed by atoms with Crippen molar-refractivity contribution in [3.8, 4) is 0 Å². The van der Waals surface area contributed by atoms with E-state index in [0.29, 0.717) is 19.6 Å². The first kappa shape index (κ1) is 11.6. The largest absolute Gasteiger partial charge is 0.481 e. The number of carbonyl (C=O) groups is 2. The molecule has 1 fully saturated rings. The van der Waals surface area contributed by atoms with Crippen LogP contribution in [0.5, 0.6) is 0 Å². The number of rotatable bonds is 3. The number of carbonyl (C=O) groups excluding carboxylic acids is 1. The lowest BCUT2D eigenvalue weighted by Gasteiger charge is -2.36. The predicted molar refractivity (Wildman–Crippen MR) is 55.5 cm³/mol. The third-order valence-corrected chi connectivity index (χ3v) is 2.28. The minimum Gasteiger partial charge on any atom is -0.481 e. The van der Waals surface area contributed by atoms with Crippen molar-refractivity contribution in [2.24, 2.45) is 5.92 Å². The minimum absolute atomic E-state index is 0.190. The van der Waals surface area contributed by atoms with Crippen LogP contribution >= 0.6 is 0 Å². The summed E-state index contributed by atoms with van der Waals surface area (Å²) in [6.07, 6.45) is 1.91. The first-order valence-corrected chi connectivity index (χ1v) is 4.89. The van der Waals surface area contributed by atoms with Crippen molar-refractivity contribution in [3.05, 3.63) is 11.6 Å². The van der Waals surface area contributed by atoms with E-state index in [-0.39, 0.29) is 11.9 Å². The van der Waals surface area contributed by atoms with E-state index in [0.717, 1.165) is 5.57 Å². The molecule has 0 unspecified atom stereocenters. The van der Waals surface area contributed by atoms with E-state index in [1.165, 1.54) is 4.90 Å². The molecule has 2 N–H and O–H groups in total. The van der Waals surface area contributed by atoms with Gasteiger partial charge in [-0.05, 0) is 13.8 Å². The molecule has 1 heterocycles. The number of carboxylic acids is 1. The molecule has 0 saturated carbocycles. The Bertz CT molecular complexity index is 289. The first-order chi connectivity index (χ1) is 7.00. The topological polar surface area (TPSA) is 69.6 Å². The number of nitrogens with one attached hydrogen (secondary N) is 1. The zero-order valence-electron chi connectivity index (χ0n) is 8.99. The van der Waals surface area contributed by atoms with Crippen LogP contribution in [-0.2, 0) is 4.79 Å². The molecular weight excluding hydrogens is 196 g/mol. The average molecular weight is 212 g/mol. The van der Waals surface area contributed by atoms with Gasteiger partial charge in [-0.2, -0.15) is 0 Å². The Labute approximate surface area is 88.8 Å². The number of hydrogen-bond acceptors (Lipinski definition) is 2. The van der Waals surface area contributed by atoms with Gasteiger partial charge in [0.15, 0.2) is 0 Å². The summed E-state index contributed by atoms with van der Waals surface area (Å²) in [5, 5.41) is 11.3. The fraction of sp³-hybridized carbons (Fsp3) is 0.600. The van der Waals surface area contributed by atoms with Gasteiger partial charge in [-0.3, -0.25) is 4.79 Å². The van der Waals surface area contributed by atoms with Crippen molar-refractivity contribution >= 4 is 12.0 Å². The van der Waals surface area contributed by atoms with Gasteiger partial charge < -0.3 is 15.3 Å². The Kier molecular flexibility index (Phi) is 3.71. The maximum atomic E-state index is 11.4. The van der Waals surface area contributed by atoms with Crippen molar-refractivity contribution in [3.63, 3.8) is 0 Å². The van der Waals surface area contributed by atoms with Crippen molar-refractivity contribution in [2.75, 3.05) is 19.6 Å². The van der Waals surface area contributed by atoms with Gasteiger partial charge in [-0.15, -0.1) is 0 Å². The van der Waals surface area contributed by atoms with E-state index in [1.807, 2.05) is 19.9 Å². The molecule has 0 atom stereocenters. The molecule has 0 bridgehead atoms. The number of aliphatic carboxylic acids is 1. The second-order valence-corrected chi connectivity index (χ2v) is 3.91. The summed E-state index contributed by atoms with van der Waals surface area (Å²) in [6.45, 7) is 5.04. The van der Waals surface area contributed by atoms with Crippen LogP contribution in [0, 0.1) is 5.92 Å². The molecule has 0 aromatic rings. The highest BCUT2D eigenvalue weighted by Gasteiger charge is 2.35. The molecule has 1 saturated heterocycles. The molecule has 0 aromatic heterocycles. The highest BCUT2D eigenvalue weighted by molar-refractivity contribution is 5.79. The third kappa shape index (κ3) is 3.27. The van der Waals surface area contributed by atoms with Crippen molar-refractivity contribution in [2.45, 2.75) is 13.8 Å². The SMILES string of the molecule is CC(C)=CCNC(=O)N1CC(C(=O)O)C1. The Balaban J connectivity index is 2.21. The number of carboxylic acid groups (broad SMARTS) is 1. The van der Waals surface area contributed by atoms with Gasteiger partial charge in [0, 0.05) is 19.6 Å². The van der Waals surface area contributed by atoms with Crippen molar-refractivity contribution < 1.29 is 14.7 Å². The maximum absolute atomic E-state index is 11.4. The van der Waals surface area contributed by atoms with Gasteiger partial charge in [0.1, 0.15) is 0 Å². The van der Waals surface area contributed by atoms with Gasteiger partial charge in [0.25, 0.3) is 0 Å². The third-order valence-electron chi connectivity index (χ3n) is 2.28. The Hall–Kier alpha value is -1.52. The number of allylic oxidation sites excluding steroid dienone is 1. The number of urea groups is 1. The summed E-state index contributed by atoms with van der Waals surface area (Å²) in [5.41, 5.74) is 1.14. The smallest absolute Gasteiger partial charge is 0.317 e. The molecule has 2 amide bonds. The number of nitrogens with zero attached hydrogens (tertiary/aromatic N) is 1. The lowest BCUT2D eigenvalue weighted by atomic mass is 10.0. The van der Waals surface area contributed by atoms with Gasteiger partial charge in [0.05, 0.1) is 5.92 Å². The molecule has 0 aliphatic carbocycles. The molecule has 0 aromatic carbocycles. The van der Waals surface area contributed by atoms with Crippen LogP contribution in [0.25, 0.3) is 0 Å². The lowest BCUT2D eigenvalue weighted by molar-refractivity contribution is -0.146.